The molecule has 1 aliphatic rings. The van der Waals surface area contributed by atoms with Crippen molar-refractivity contribution in [3.8, 4) is 0 Å². The fraction of sp³-hybridized carbons (Fsp3) is 0.421. The monoisotopic (exact) mass is 356 g/mol. The number of benzene rings is 1. The number of hydrogen-bond acceptors (Lipinski definition) is 5. The second-order valence-electron chi connectivity index (χ2n) is 6.07. The Morgan fingerprint density at radius 3 is 2.68 bits per heavy atom. The van der Waals surface area contributed by atoms with Gasteiger partial charge in [-0.2, -0.15) is 0 Å². The van der Waals surface area contributed by atoms with Crippen LogP contribution in [0.15, 0.2) is 35.5 Å². The number of hydrogen-bond donors (Lipinski definition) is 1. The molecule has 3 rings (SSSR count). The van der Waals surface area contributed by atoms with Crippen molar-refractivity contribution in [2.75, 3.05) is 22.5 Å². The summed E-state index contributed by atoms with van der Waals surface area (Å²) >= 11 is 1.64. The van der Waals surface area contributed by atoms with E-state index in [0.717, 1.165) is 53.1 Å². The third kappa shape index (κ3) is 4.12. The fourth-order valence-corrected chi connectivity index (χ4v) is 3.47. The standard InChI is InChI=1S/C19H24N4OS/c1-3-10-20-17-15-12-16(24)23(13-14-8-6-5-7-9-14)18(15)22-19(21-17)25-11-4-2/h5-9H,3-4,10-13H2,1-2H3,(H,20,21,22). The van der Waals surface area contributed by atoms with Crippen molar-refractivity contribution in [3.05, 3.63) is 41.5 Å². The van der Waals surface area contributed by atoms with Gasteiger partial charge in [0.1, 0.15) is 11.6 Å². The maximum atomic E-state index is 12.6. The minimum Gasteiger partial charge on any atom is -0.370 e. The smallest absolute Gasteiger partial charge is 0.233 e. The molecule has 0 fully saturated rings. The largest absolute Gasteiger partial charge is 0.370 e. The maximum absolute atomic E-state index is 12.6. The van der Waals surface area contributed by atoms with E-state index in [1.54, 1.807) is 16.7 Å². The molecule has 6 heteroatoms. The molecular formula is C19H24N4OS. The number of anilines is 2. The molecule has 0 spiro atoms. The molecule has 1 N–H and O–H groups in total. The predicted octanol–water partition coefficient (Wildman–Crippen LogP) is 3.89. The summed E-state index contributed by atoms with van der Waals surface area (Å²) in [6, 6.07) is 10.0. The van der Waals surface area contributed by atoms with Gasteiger partial charge in [0.2, 0.25) is 5.91 Å². The van der Waals surface area contributed by atoms with Crippen LogP contribution in [0.5, 0.6) is 0 Å². The van der Waals surface area contributed by atoms with E-state index < -0.39 is 0 Å². The third-order valence-corrected chi connectivity index (χ3v) is 5.06. The molecule has 0 bridgehead atoms. The predicted molar refractivity (Wildman–Crippen MR) is 103 cm³/mol. The molecule has 0 saturated heterocycles. The summed E-state index contributed by atoms with van der Waals surface area (Å²) in [4.78, 5) is 23.8. The Kier molecular flexibility index (Phi) is 5.91. The zero-order valence-corrected chi connectivity index (χ0v) is 15.6. The van der Waals surface area contributed by atoms with Crippen LogP contribution in [0.25, 0.3) is 0 Å². The van der Waals surface area contributed by atoms with Crippen LogP contribution in [0.4, 0.5) is 11.6 Å². The van der Waals surface area contributed by atoms with Crippen LogP contribution in [-0.2, 0) is 17.8 Å². The van der Waals surface area contributed by atoms with Crippen LogP contribution in [0, 0.1) is 0 Å². The Morgan fingerprint density at radius 2 is 1.96 bits per heavy atom. The summed E-state index contributed by atoms with van der Waals surface area (Å²) in [6.45, 7) is 5.65. The molecule has 25 heavy (non-hydrogen) atoms. The second-order valence-corrected chi connectivity index (χ2v) is 7.14. The molecule has 0 unspecified atom stereocenters. The number of nitrogens with zero attached hydrogens (tertiary/aromatic N) is 3. The lowest BCUT2D eigenvalue weighted by molar-refractivity contribution is -0.117. The zero-order chi connectivity index (χ0) is 17.6. The summed E-state index contributed by atoms with van der Waals surface area (Å²) in [6.07, 6.45) is 2.44. The average Bonchev–Trinajstić information content (AvgIpc) is 2.94. The minimum atomic E-state index is 0.0883. The first-order chi connectivity index (χ1) is 12.2. The van der Waals surface area contributed by atoms with Crippen LogP contribution in [0.1, 0.15) is 37.8 Å². The number of nitrogens with one attached hydrogen (secondary N) is 1. The number of carbonyl (C=O) groups excluding carboxylic acids is 1. The molecule has 1 amide bonds. The molecule has 0 atom stereocenters. The Morgan fingerprint density at radius 1 is 1.16 bits per heavy atom. The number of thioether (sulfide) groups is 1. The molecule has 1 aromatic carbocycles. The number of carbonyl (C=O) groups is 1. The van der Waals surface area contributed by atoms with Gasteiger partial charge < -0.3 is 5.32 Å². The van der Waals surface area contributed by atoms with Crippen molar-refractivity contribution < 1.29 is 4.79 Å². The number of amides is 1. The van der Waals surface area contributed by atoms with Gasteiger partial charge in [-0.15, -0.1) is 0 Å². The van der Waals surface area contributed by atoms with E-state index in [9.17, 15) is 4.79 Å². The van der Waals surface area contributed by atoms with Gasteiger partial charge >= 0.3 is 0 Å². The summed E-state index contributed by atoms with van der Waals surface area (Å²) < 4.78 is 0. The average molecular weight is 356 g/mol. The van der Waals surface area contributed by atoms with E-state index in [2.05, 4.69) is 24.1 Å². The first-order valence-electron chi connectivity index (χ1n) is 8.84. The lowest BCUT2D eigenvalue weighted by Crippen LogP contribution is -2.26. The van der Waals surface area contributed by atoms with E-state index >= 15 is 0 Å². The molecule has 5 nitrogen and oxygen atoms in total. The van der Waals surface area contributed by atoms with Crippen LogP contribution < -0.4 is 10.2 Å². The van der Waals surface area contributed by atoms with Crippen molar-refractivity contribution in [3.63, 3.8) is 0 Å². The first kappa shape index (κ1) is 17.7. The van der Waals surface area contributed by atoms with Crippen molar-refractivity contribution in [1.29, 1.82) is 0 Å². The number of aromatic nitrogens is 2. The lowest BCUT2D eigenvalue weighted by atomic mass is 10.2. The fourth-order valence-electron chi connectivity index (χ4n) is 2.78. The first-order valence-corrected chi connectivity index (χ1v) is 9.83. The Balaban J connectivity index is 1.93. The molecule has 0 aliphatic carbocycles. The molecule has 0 radical (unpaired) electrons. The van der Waals surface area contributed by atoms with E-state index in [1.165, 1.54) is 0 Å². The number of rotatable bonds is 8. The SMILES string of the molecule is CCCNc1nc(SCCC)nc2c1CC(=O)N2Cc1ccccc1. The Labute approximate surface area is 153 Å². The lowest BCUT2D eigenvalue weighted by Gasteiger charge is -2.18. The van der Waals surface area contributed by atoms with Crippen LogP contribution in [-0.4, -0.2) is 28.2 Å². The van der Waals surface area contributed by atoms with Crippen LogP contribution in [0.3, 0.4) is 0 Å². The van der Waals surface area contributed by atoms with Gasteiger partial charge in [0.15, 0.2) is 5.16 Å². The third-order valence-electron chi connectivity index (χ3n) is 4.01. The second kappa shape index (κ2) is 8.34. The number of fused-ring (bicyclic) bond motifs is 1. The minimum absolute atomic E-state index is 0.0883. The van der Waals surface area contributed by atoms with Crippen molar-refractivity contribution >= 4 is 29.3 Å². The van der Waals surface area contributed by atoms with Gasteiger partial charge in [-0.1, -0.05) is 55.9 Å². The molecule has 2 aromatic rings. The van der Waals surface area contributed by atoms with Crippen molar-refractivity contribution in [2.24, 2.45) is 0 Å². The van der Waals surface area contributed by atoms with Gasteiger partial charge in [-0.05, 0) is 18.4 Å². The molecule has 0 saturated carbocycles. The van der Waals surface area contributed by atoms with E-state index in [4.69, 9.17) is 4.98 Å². The van der Waals surface area contributed by atoms with Crippen molar-refractivity contribution in [1.82, 2.24) is 9.97 Å². The summed E-state index contributed by atoms with van der Waals surface area (Å²) in [5, 5.41) is 4.12. The maximum Gasteiger partial charge on any atom is 0.233 e. The highest BCUT2D eigenvalue weighted by Crippen LogP contribution is 2.34. The van der Waals surface area contributed by atoms with Crippen molar-refractivity contribution in [2.45, 2.75) is 44.8 Å². The molecule has 132 valence electrons. The zero-order valence-electron chi connectivity index (χ0n) is 14.8. The summed E-state index contributed by atoms with van der Waals surface area (Å²) in [7, 11) is 0. The summed E-state index contributed by atoms with van der Waals surface area (Å²) in [5.41, 5.74) is 2.03. The van der Waals surface area contributed by atoms with Gasteiger partial charge in [0.05, 0.1) is 13.0 Å². The van der Waals surface area contributed by atoms with E-state index in [0.29, 0.717) is 13.0 Å². The molecule has 1 aliphatic heterocycles. The van der Waals surface area contributed by atoms with Gasteiger partial charge in [-0.3, -0.25) is 9.69 Å². The highest BCUT2D eigenvalue weighted by atomic mass is 32.2. The van der Waals surface area contributed by atoms with Crippen LogP contribution >= 0.6 is 11.8 Å². The molecule has 2 heterocycles. The van der Waals surface area contributed by atoms with Crippen LogP contribution in [0.2, 0.25) is 0 Å². The Bertz CT molecular complexity index is 736. The Hall–Kier alpha value is -2.08. The van der Waals surface area contributed by atoms with Gasteiger partial charge in [0, 0.05) is 17.9 Å². The van der Waals surface area contributed by atoms with Gasteiger partial charge in [-0.25, -0.2) is 9.97 Å². The van der Waals surface area contributed by atoms with Gasteiger partial charge in [0.25, 0.3) is 0 Å². The normalized spacial score (nSPS) is 13.2. The van der Waals surface area contributed by atoms with E-state index in [1.807, 2.05) is 30.3 Å². The summed E-state index contributed by atoms with van der Waals surface area (Å²) in [5.74, 6) is 2.64. The topological polar surface area (TPSA) is 58.1 Å². The quantitative estimate of drug-likeness (QED) is 0.574. The highest BCUT2D eigenvalue weighted by molar-refractivity contribution is 7.99. The highest BCUT2D eigenvalue weighted by Gasteiger charge is 2.32. The molecule has 1 aromatic heterocycles. The van der Waals surface area contributed by atoms with E-state index in [-0.39, 0.29) is 5.91 Å². The molecular weight excluding hydrogens is 332 g/mol.